The van der Waals surface area contributed by atoms with E-state index in [0.717, 1.165) is 6.92 Å². The van der Waals surface area contributed by atoms with Gasteiger partial charge < -0.3 is 10.2 Å². The lowest BCUT2D eigenvalue weighted by Crippen LogP contribution is -2.12. The first-order valence-corrected chi connectivity index (χ1v) is 4.01. The highest BCUT2D eigenvalue weighted by atomic mass is 79.9. The Balaban J connectivity index is 0. The SMILES string of the molecule is CC(=O)C(=O)O.O=C(O)C(=O)CBr. The highest BCUT2D eigenvalue weighted by Crippen LogP contribution is 1.80. The molecule has 0 amide bonds. The molecular weight excluding hydrogens is 248 g/mol. The number of Topliss-reactive ketones (excluding diaryl/α,β-unsaturated/α-hetero) is 2. The largest absolute Gasteiger partial charge is 0.476 e. The zero-order chi connectivity index (χ0) is 11.0. The minimum Gasteiger partial charge on any atom is -0.476 e. The Hall–Kier alpha value is -1.24. The third-order valence-electron chi connectivity index (χ3n) is 0.661. The fourth-order valence-electron chi connectivity index (χ4n) is 0.0572. The Bertz CT molecular complexity index is 221. The van der Waals surface area contributed by atoms with E-state index >= 15 is 0 Å². The number of hydrogen-bond acceptors (Lipinski definition) is 4. The van der Waals surface area contributed by atoms with Gasteiger partial charge in [0.1, 0.15) is 0 Å². The number of hydrogen-bond donors (Lipinski definition) is 2. The molecule has 0 aromatic heterocycles. The predicted molar refractivity (Wildman–Crippen MR) is 44.8 cm³/mol. The number of ketones is 2. The summed E-state index contributed by atoms with van der Waals surface area (Å²) in [4.78, 5) is 38.3. The molecule has 74 valence electrons. The predicted octanol–water partition coefficient (Wildman–Crippen LogP) is -0.305. The maximum absolute atomic E-state index is 9.87. The minimum absolute atomic E-state index is 0.109. The van der Waals surface area contributed by atoms with Crippen LogP contribution in [0.3, 0.4) is 0 Å². The standard InChI is InChI=1S/C3H3BrO3.C3H4O3/c4-1-2(5)3(6)7;1-2(4)3(5)6/h1H2,(H,6,7);1H3,(H,5,6). The molecule has 0 saturated heterocycles. The second-order valence-corrected chi connectivity index (χ2v) is 2.28. The van der Waals surface area contributed by atoms with Crippen molar-refractivity contribution >= 4 is 39.4 Å². The molecule has 0 heterocycles. The Morgan fingerprint density at radius 2 is 1.38 bits per heavy atom. The van der Waals surface area contributed by atoms with Gasteiger partial charge >= 0.3 is 11.9 Å². The number of alkyl halides is 1. The van der Waals surface area contributed by atoms with Gasteiger partial charge in [0.05, 0.1) is 5.33 Å². The first-order valence-electron chi connectivity index (χ1n) is 2.88. The van der Waals surface area contributed by atoms with E-state index in [1.807, 2.05) is 0 Å². The van der Waals surface area contributed by atoms with E-state index in [0.29, 0.717) is 0 Å². The van der Waals surface area contributed by atoms with Crippen molar-refractivity contribution in [3.8, 4) is 0 Å². The summed E-state index contributed by atoms with van der Waals surface area (Å²) in [6.45, 7) is 1.00. The summed E-state index contributed by atoms with van der Waals surface area (Å²) in [5.74, 6) is -4.41. The number of aliphatic carboxylic acids is 2. The lowest BCUT2D eigenvalue weighted by Gasteiger charge is -1.79. The maximum atomic E-state index is 9.87. The van der Waals surface area contributed by atoms with Crippen LogP contribution >= 0.6 is 15.9 Å². The number of carboxylic acids is 2. The smallest absolute Gasteiger partial charge is 0.373 e. The summed E-state index contributed by atoms with van der Waals surface area (Å²) in [5, 5.41) is 15.3. The van der Waals surface area contributed by atoms with Gasteiger partial charge in [-0.1, -0.05) is 15.9 Å². The molecule has 0 spiro atoms. The van der Waals surface area contributed by atoms with Crippen LogP contribution in [0.15, 0.2) is 0 Å². The van der Waals surface area contributed by atoms with E-state index in [2.05, 4.69) is 15.9 Å². The quantitative estimate of drug-likeness (QED) is 0.529. The summed E-state index contributed by atoms with van der Waals surface area (Å²) in [7, 11) is 0. The second kappa shape index (κ2) is 7.41. The van der Waals surface area contributed by atoms with Crippen molar-refractivity contribution in [2.75, 3.05) is 5.33 Å². The molecule has 0 radical (unpaired) electrons. The molecule has 7 heteroatoms. The van der Waals surface area contributed by atoms with E-state index < -0.39 is 23.5 Å². The molecule has 13 heavy (non-hydrogen) atoms. The summed E-state index contributed by atoms with van der Waals surface area (Å²) < 4.78 is 0. The van der Waals surface area contributed by atoms with Crippen molar-refractivity contribution < 1.29 is 29.4 Å². The molecule has 0 atom stereocenters. The third-order valence-corrected chi connectivity index (χ3v) is 1.17. The summed E-state index contributed by atoms with van der Waals surface area (Å²) in [5.41, 5.74) is 0. The average molecular weight is 255 g/mol. The lowest BCUT2D eigenvalue weighted by molar-refractivity contribution is -0.148. The molecule has 6 nitrogen and oxygen atoms in total. The van der Waals surface area contributed by atoms with Crippen molar-refractivity contribution in [2.24, 2.45) is 0 Å². The Morgan fingerprint density at radius 3 is 1.38 bits per heavy atom. The monoisotopic (exact) mass is 254 g/mol. The van der Waals surface area contributed by atoms with Gasteiger partial charge in [-0.2, -0.15) is 0 Å². The molecule has 0 aliphatic carbocycles. The molecule has 0 aromatic carbocycles. The summed E-state index contributed by atoms with van der Waals surface area (Å²) in [6, 6.07) is 0. The lowest BCUT2D eigenvalue weighted by atomic mass is 10.5. The van der Waals surface area contributed by atoms with Crippen LogP contribution in [-0.4, -0.2) is 39.0 Å². The van der Waals surface area contributed by atoms with E-state index in [-0.39, 0.29) is 5.33 Å². The Labute approximate surface area is 81.7 Å². The molecular formula is C6H7BrO6. The topological polar surface area (TPSA) is 109 Å². The van der Waals surface area contributed by atoms with Crippen molar-refractivity contribution in [3.05, 3.63) is 0 Å². The van der Waals surface area contributed by atoms with Crippen LogP contribution in [0.2, 0.25) is 0 Å². The summed E-state index contributed by atoms with van der Waals surface area (Å²) >= 11 is 2.68. The van der Waals surface area contributed by atoms with Crippen LogP contribution in [0.4, 0.5) is 0 Å². The van der Waals surface area contributed by atoms with Gasteiger partial charge in [-0.3, -0.25) is 9.59 Å². The average Bonchev–Trinajstić information content (AvgIpc) is 2.03. The van der Waals surface area contributed by atoms with Crippen LogP contribution in [0, 0.1) is 0 Å². The summed E-state index contributed by atoms with van der Waals surface area (Å²) in [6.07, 6.45) is 0. The zero-order valence-electron chi connectivity index (χ0n) is 6.61. The van der Waals surface area contributed by atoms with Gasteiger partial charge in [0, 0.05) is 6.92 Å². The van der Waals surface area contributed by atoms with E-state index in [1.54, 1.807) is 0 Å². The fraction of sp³-hybridized carbons (Fsp3) is 0.333. The fourth-order valence-corrected chi connectivity index (χ4v) is 0.297. The molecule has 0 aliphatic heterocycles. The number of carbonyl (C=O) groups excluding carboxylic acids is 2. The van der Waals surface area contributed by atoms with E-state index in [9.17, 15) is 19.2 Å². The number of rotatable bonds is 3. The third kappa shape index (κ3) is 10.8. The molecule has 0 bridgehead atoms. The van der Waals surface area contributed by atoms with Crippen molar-refractivity contribution in [3.63, 3.8) is 0 Å². The highest BCUT2D eigenvalue weighted by Gasteiger charge is 2.06. The van der Waals surface area contributed by atoms with Gasteiger partial charge in [0.15, 0.2) is 0 Å². The van der Waals surface area contributed by atoms with Crippen LogP contribution in [0.1, 0.15) is 6.92 Å². The van der Waals surface area contributed by atoms with Crippen molar-refractivity contribution in [2.45, 2.75) is 6.92 Å². The van der Waals surface area contributed by atoms with Crippen LogP contribution in [0.25, 0.3) is 0 Å². The number of halogens is 1. The molecule has 0 saturated carbocycles. The van der Waals surface area contributed by atoms with Crippen LogP contribution < -0.4 is 0 Å². The van der Waals surface area contributed by atoms with Gasteiger partial charge in [-0.05, 0) is 0 Å². The highest BCUT2D eigenvalue weighted by molar-refractivity contribution is 9.09. The zero-order valence-corrected chi connectivity index (χ0v) is 8.20. The van der Waals surface area contributed by atoms with E-state index in [4.69, 9.17) is 10.2 Å². The molecule has 0 aromatic rings. The van der Waals surface area contributed by atoms with E-state index in [1.165, 1.54) is 0 Å². The minimum atomic E-state index is -1.39. The van der Waals surface area contributed by atoms with Gasteiger partial charge in [-0.15, -0.1) is 0 Å². The first-order chi connectivity index (χ1) is 5.82. The van der Waals surface area contributed by atoms with Crippen molar-refractivity contribution in [1.29, 1.82) is 0 Å². The van der Waals surface area contributed by atoms with Gasteiger partial charge in [0.25, 0.3) is 0 Å². The van der Waals surface area contributed by atoms with Crippen LogP contribution in [-0.2, 0) is 19.2 Å². The maximum Gasteiger partial charge on any atom is 0.373 e. The molecule has 2 N–H and O–H groups in total. The second-order valence-electron chi connectivity index (χ2n) is 1.72. The van der Waals surface area contributed by atoms with Crippen molar-refractivity contribution in [1.82, 2.24) is 0 Å². The number of carboxylic acid groups (broad SMARTS) is 2. The molecule has 0 unspecified atom stereocenters. The van der Waals surface area contributed by atoms with Crippen LogP contribution in [0.5, 0.6) is 0 Å². The Kier molecular flexibility index (Phi) is 8.15. The first kappa shape index (κ1) is 14.3. The molecule has 0 aliphatic rings. The normalized spacial score (nSPS) is 7.85. The van der Waals surface area contributed by atoms with Gasteiger partial charge in [-0.25, -0.2) is 9.59 Å². The molecule has 0 fully saturated rings. The Morgan fingerprint density at radius 1 is 1.08 bits per heavy atom. The van der Waals surface area contributed by atoms with Gasteiger partial charge in [0.2, 0.25) is 11.6 Å². The molecule has 0 rings (SSSR count). The number of carbonyl (C=O) groups is 4.